The standard InChI is InChI=1S/C14H16BrNOS/c1-10(16)13-9-11(15)4-5-14(13)17-7-6-12-3-2-8-18-12/h2-5,8-10H,6-7,16H2,1H3/t10-/m0/s1. The van der Waals surface area contributed by atoms with Crippen molar-refractivity contribution >= 4 is 27.3 Å². The van der Waals surface area contributed by atoms with Gasteiger partial charge in [0, 0.05) is 27.4 Å². The van der Waals surface area contributed by atoms with E-state index in [0.29, 0.717) is 6.61 Å². The SMILES string of the molecule is C[C@H](N)c1cc(Br)ccc1OCCc1cccs1. The van der Waals surface area contributed by atoms with Gasteiger partial charge in [-0.25, -0.2) is 0 Å². The molecule has 0 bridgehead atoms. The maximum absolute atomic E-state index is 5.95. The van der Waals surface area contributed by atoms with Crippen LogP contribution in [0.3, 0.4) is 0 Å². The van der Waals surface area contributed by atoms with Crippen molar-refractivity contribution in [3.05, 3.63) is 50.6 Å². The van der Waals surface area contributed by atoms with Crippen LogP contribution >= 0.6 is 27.3 Å². The third-order valence-corrected chi connectivity index (χ3v) is 4.08. The Balaban J connectivity index is 2.00. The van der Waals surface area contributed by atoms with Crippen LogP contribution in [0.4, 0.5) is 0 Å². The molecule has 1 aromatic heterocycles. The number of hydrogen-bond donors (Lipinski definition) is 1. The Labute approximate surface area is 120 Å². The largest absolute Gasteiger partial charge is 0.493 e. The Morgan fingerprint density at radius 2 is 2.22 bits per heavy atom. The van der Waals surface area contributed by atoms with Gasteiger partial charge >= 0.3 is 0 Å². The number of hydrogen-bond acceptors (Lipinski definition) is 3. The molecule has 96 valence electrons. The van der Waals surface area contributed by atoms with Crippen molar-refractivity contribution in [3.8, 4) is 5.75 Å². The molecule has 18 heavy (non-hydrogen) atoms. The first-order valence-corrected chi connectivity index (χ1v) is 7.54. The monoisotopic (exact) mass is 325 g/mol. The van der Waals surface area contributed by atoms with Gasteiger partial charge in [-0.3, -0.25) is 0 Å². The van der Waals surface area contributed by atoms with Crippen LogP contribution in [0.15, 0.2) is 40.2 Å². The van der Waals surface area contributed by atoms with Gasteiger partial charge in [-0.15, -0.1) is 11.3 Å². The molecule has 4 heteroatoms. The Bertz CT molecular complexity index is 497. The zero-order valence-electron chi connectivity index (χ0n) is 10.2. The predicted molar refractivity (Wildman–Crippen MR) is 80.3 cm³/mol. The van der Waals surface area contributed by atoms with Crippen LogP contribution < -0.4 is 10.5 Å². The van der Waals surface area contributed by atoms with E-state index in [-0.39, 0.29) is 6.04 Å². The smallest absolute Gasteiger partial charge is 0.124 e. The third-order valence-electron chi connectivity index (χ3n) is 2.65. The first-order chi connectivity index (χ1) is 8.66. The van der Waals surface area contributed by atoms with Gasteiger partial charge in [0.1, 0.15) is 5.75 Å². The normalized spacial score (nSPS) is 12.4. The number of benzene rings is 1. The summed E-state index contributed by atoms with van der Waals surface area (Å²) < 4.78 is 6.86. The summed E-state index contributed by atoms with van der Waals surface area (Å²) in [5.74, 6) is 0.879. The Kier molecular flexibility index (Phi) is 4.80. The van der Waals surface area contributed by atoms with Gasteiger partial charge in [0.15, 0.2) is 0 Å². The lowest BCUT2D eigenvalue weighted by atomic mass is 10.1. The maximum atomic E-state index is 5.95. The quantitative estimate of drug-likeness (QED) is 0.896. The lowest BCUT2D eigenvalue weighted by Crippen LogP contribution is -2.09. The molecule has 0 amide bonds. The first kappa shape index (κ1) is 13.6. The molecule has 2 N–H and O–H groups in total. The van der Waals surface area contributed by atoms with E-state index in [1.165, 1.54) is 4.88 Å². The van der Waals surface area contributed by atoms with Gasteiger partial charge in [-0.2, -0.15) is 0 Å². The third kappa shape index (κ3) is 3.57. The van der Waals surface area contributed by atoms with Crippen LogP contribution in [0.5, 0.6) is 5.75 Å². The van der Waals surface area contributed by atoms with E-state index in [0.717, 1.165) is 22.2 Å². The number of thiophene rings is 1. The second kappa shape index (κ2) is 6.36. The van der Waals surface area contributed by atoms with Crippen molar-refractivity contribution in [2.75, 3.05) is 6.61 Å². The summed E-state index contributed by atoms with van der Waals surface area (Å²) in [5, 5.41) is 2.09. The van der Waals surface area contributed by atoms with Crippen LogP contribution in [0.25, 0.3) is 0 Å². The van der Waals surface area contributed by atoms with Gasteiger partial charge in [-0.05, 0) is 36.6 Å². The highest BCUT2D eigenvalue weighted by atomic mass is 79.9. The van der Waals surface area contributed by atoms with Gasteiger partial charge in [0.2, 0.25) is 0 Å². The molecule has 0 unspecified atom stereocenters. The first-order valence-electron chi connectivity index (χ1n) is 5.87. The van der Waals surface area contributed by atoms with Crippen LogP contribution in [-0.2, 0) is 6.42 Å². The molecular weight excluding hydrogens is 310 g/mol. The van der Waals surface area contributed by atoms with E-state index in [1.807, 2.05) is 25.1 Å². The molecule has 0 aliphatic rings. The highest BCUT2D eigenvalue weighted by Gasteiger charge is 2.08. The number of halogens is 1. The van der Waals surface area contributed by atoms with Crippen LogP contribution in [-0.4, -0.2) is 6.61 Å². The molecule has 1 atom stereocenters. The van der Waals surface area contributed by atoms with E-state index >= 15 is 0 Å². The molecule has 0 saturated heterocycles. The lowest BCUT2D eigenvalue weighted by molar-refractivity contribution is 0.318. The molecule has 1 heterocycles. The molecule has 0 aliphatic heterocycles. The van der Waals surface area contributed by atoms with Gasteiger partial charge in [-0.1, -0.05) is 22.0 Å². The van der Waals surface area contributed by atoms with Crippen LogP contribution in [0.1, 0.15) is 23.4 Å². The van der Waals surface area contributed by atoms with Gasteiger partial charge in [0.05, 0.1) is 6.61 Å². The minimum Gasteiger partial charge on any atom is -0.493 e. The zero-order valence-corrected chi connectivity index (χ0v) is 12.6. The van der Waals surface area contributed by atoms with Crippen molar-refractivity contribution < 1.29 is 4.74 Å². The zero-order chi connectivity index (χ0) is 13.0. The molecule has 0 fully saturated rings. The van der Waals surface area contributed by atoms with Crippen molar-refractivity contribution in [1.29, 1.82) is 0 Å². The number of ether oxygens (including phenoxy) is 1. The molecule has 0 spiro atoms. The summed E-state index contributed by atoms with van der Waals surface area (Å²) in [6.45, 7) is 2.65. The Hall–Kier alpha value is -0.840. The van der Waals surface area contributed by atoms with E-state index < -0.39 is 0 Å². The summed E-state index contributed by atoms with van der Waals surface area (Å²) in [5.41, 5.74) is 6.99. The minimum absolute atomic E-state index is 0.0285. The lowest BCUT2D eigenvalue weighted by Gasteiger charge is -2.14. The topological polar surface area (TPSA) is 35.2 Å². The Morgan fingerprint density at radius 3 is 2.89 bits per heavy atom. The molecular formula is C14H16BrNOS. The average molecular weight is 326 g/mol. The van der Waals surface area contributed by atoms with Gasteiger partial charge in [0.25, 0.3) is 0 Å². The summed E-state index contributed by atoms with van der Waals surface area (Å²) in [6, 6.07) is 10.1. The van der Waals surface area contributed by atoms with E-state index in [2.05, 4.69) is 33.4 Å². The Morgan fingerprint density at radius 1 is 1.39 bits per heavy atom. The highest BCUT2D eigenvalue weighted by molar-refractivity contribution is 9.10. The molecule has 0 radical (unpaired) electrons. The fourth-order valence-corrected chi connectivity index (χ4v) is 2.79. The number of rotatable bonds is 5. The molecule has 2 rings (SSSR count). The molecule has 1 aromatic carbocycles. The number of nitrogens with two attached hydrogens (primary N) is 1. The van der Waals surface area contributed by atoms with Crippen LogP contribution in [0, 0.1) is 0 Å². The van der Waals surface area contributed by atoms with Crippen LogP contribution in [0.2, 0.25) is 0 Å². The fourth-order valence-electron chi connectivity index (χ4n) is 1.72. The van der Waals surface area contributed by atoms with Crippen molar-refractivity contribution in [1.82, 2.24) is 0 Å². The van der Waals surface area contributed by atoms with Gasteiger partial charge < -0.3 is 10.5 Å². The minimum atomic E-state index is -0.0285. The fraction of sp³-hybridized carbons (Fsp3) is 0.286. The summed E-state index contributed by atoms with van der Waals surface area (Å²) in [7, 11) is 0. The van der Waals surface area contributed by atoms with Crippen molar-refractivity contribution in [2.24, 2.45) is 5.73 Å². The van der Waals surface area contributed by atoms with E-state index in [9.17, 15) is 0 Å². The maximum Gasteiger partial charge on any atom is 0.124 e. The second-order valence-electron chi connectivity index (χ2n) is 4.15. The predicted octanol–water partition coefficient (Wildman–Crippen LogP) is 4.15. The molecule has 2 aromatic rings. The van der Waals surface area contributed by atoms with E-state index in [1.54, 1.807) is 11.3 Å². The average Bonchev–Trinajstić information content (AvgIpc) is 2.84. The summed E-state index contributed by atoms with van der Waals surface area (Å²) in [6.07, 6.45) is 0.937. The summed E-state index contributed by atoms with van der Waals surface area (Å²) in [4.78, 5) is 1.34. The van der Waals surface area contributed by atoms with E-state index in [4.69, 9.17) is 10.5 Å². The van der Waals surface area contributed by atoms with Crippen molar-refractivity contribution in [2.45, 2.75) is 19.4 Å². The molecule has 0 saturated carbocycles. The summed E-state index contributed by atoms with van der Waals surface area (Å²) >= 11 is 5.21. The van der Waals surface area contributed by atoms with Crippen molar-refractivity contribution in [3.63, 3.8) is 0 Å². The highest BCUT2D eigenvalue weighted by Crippen LogP contribution is 2.27. The molecule has 0 aliphatic carbocycles. The second-order valence-corrected chi connectivity index (χ2v) is 6.10. The molecule has 2 nitrogen and oxygen atoms in total.